The zero-order valence-electron chi connectivity index (χ0n) is 24.5. The number of fused-ring (bicyclic) bond motifs is 1. The molecule has 4 aromatic rings. The van der Waals surface area contributed by atoms with Gasteiger partial charge in [0.25, 0.3) is 15.9 Å². The largest absolute Gasteiger partial charge is 0.497 e. The monoisotopic (exact) mass is 613 g/mol. The van der Waals surface area contributed by atoms with E-state index in [0.29, 0.717) is 54.4 Å². The number of nitrogens with one attached hydrogen (secondary N) is 1. The van der Waals surface area contributed by atoms with E-state index >= 15 is 4.79 Å². The Balaban J connectivity index is 1.69. The Kier molecular flexibility index (Phi) is 7.63. The Morgan fingerprint density at radius 2 is 1.89 bits per heavy atom. The molecule has 0 radical (unpaired) electrons. The SMILES string of the molecule is CNCc1ccc(OC)c(C2(N3CCCC3c3ncco3)C(=O)N(S(=O)(=O)c3ccc(OC)cc3)c3ccc(C#N)cc32)c1. The number of amides is 1. The molecule has 2 aliphatic rings. The lowest BCUT2D eigenvalue weighted by Crippen LogP contribution is -2.54. The summed E-state index contributed by atoms with van der Waals surface area (Å²) < 4.78 is 46.6. The number of rotatable bonds is 9. The van der Waals surface area contributed by atoms with E-state index in [4.69, 9.17) is 13.9 Å². The van der Waals surface area contributed by atoms with Crippen molar-refractivity contribution < 1.29 is 27.1 Å². The number of anilines is 1. The summed E-state index contributed by atoms with van der Waals surface area (Å²) in [4.78, 5) is 21.6. The molecule has 226 valence electrons. The first kappa shape index (κ1) is 29.4. The average Bonchev–Trinajstić information content (AvgIpc) is 3.80. The van der Waals surface area contributed by atoms with E-state index in [2.05, 4.69) is 16.4 Å². The minimum absolute atomic E-state index is 0.0840. The van der Waals surface area contributed by atoms with E-state index in [1.165, 1.54) is 56.9 Å². The maximum Gasteiger partial charge on any atom is 0.271 e. The fraction of sp³-hybridized carbons (Fsp3) is 0.281. The molecule has 3 heterocycles. The van der Waals surface area contributed by atoms with Gasteiger partial charge in [0.05, 0.1) is 48.7 Å². The fourth-order valence-corrected chi connectivity index (χ4v) is 7.86. The Labute approximate surface area is 255 Å². The van der Waals surface area contributed by atoms with Crippen molar-refractivity contribution in [2.75, 3.05) is 32.1 Å². The third-order valence-corrected chi connectivity index (χ3v) is 9.99. The Bertz CT molecular complexity index is 1850. The van der Waals surface area contributed by atoms with Crippen LogP contribution in [0.15, 0.2) is 82.4 Å². The molecule has 0 spiro atoms. The number of nitriles is 1. The van der Waals surface area contributed by atoms with Crippen LogP contribution in [0.3, 0.4) is 0 Å². The number of hydrogen-bond acceptors (Lipinski definition) is 10. The number of carbonyl (C=O) groups is 1. The van der Waals surface area contributed by atoms with Gasteiger partial charge in [-0.25, -0.2) is 17.7 Å². The van der Waals surface area contributed by atoms with Crippen molar-refractivity contribution >= 4 is 21.6 Å². The summed E-state index contributed by atoms with van der Waals surface area (Å²) in [5.74, 6) is 0.571. The molecule has 2 aliphatic heterocycles. The molecular weight excluding hydrogens is 582 g/mol. The summed E-state index contributed by atoms with van der Waals surface area (Å²) in [5.41, 5.74) is 0.395. The maximum atomic E-state index is 15.3. The molecule has 12 heteroatoms. The van der Waals surface area contributed by atoms with E-state index in [0.717, 1.165) is 9.87 Å². The number of benzene rings is 3. The van der Waals surface area contributed by atoms with E-state index in [-0.39, 0.29) is 16.1 Å². The van der Waals surface area contributed by atoms with E-state index in [1.54, 1.807) is 18.3 Å². The second-order valence-electron chi connectivity index (χ2n) is 10.6. The van der Waals surface area contributed by atoms with Crippen molar-refractivity contribution in [2.45, 2.75) is 35.9 Å². The summed E-state index contributed by atoms with van der Waals surface area (Å²) in [6, 6.07) is 17.8. The van der Waals surface area contributed by atoms with Gasteiger partial charge in [-0.3, -0.25) is 9.69 Å². The van der Waals surface area contributed by atoms with Crippen LogP contribution in [0, 0.1) is 11.3 Å². The van der Waals surface area contributed by atoms with Crippen LogP contribution in [-0.2, 0) is 26.9 Å². The number of sulfonamides is 1. The van der Waals surface area contributed by atoms with E-state index < -0.39 is 27.5 Å². The number of ether oxygens (including phenoxy) is 2. The molecule has 3 aromatic carbocycles. The third kappa shape index (κ3) is 4.43. The van der Waals surface area contributed by atoms with Gasteiger partial charge in [0.15, 0.2) is 5.54 Å². The van der Waals surface area contributed by atoms with Gasteiger partial charge >= 0.3 is 0 Å². The Morgan fingerprint density at radius 3 is 2.55 bits per heavy atom. The van der Waals surface area contributed by atoms with Crippen molar-refractivity contribution in [1.82, 2.24) is 15.2 Å². The second kappa shape index (κ2) is 11.4. The van der Waals surface area contributed by atoms with Crippen LogP contribution >= 0.6 is 0 Å². The topological polar surface area (TPSA) is 138 Å². The summed E-state index contributed by atoms with van der Waals surface area (Å²) in [7, 11) is 0.376. The molecule has 1 amide bonds. The molecule has 11 nitrogen and oxygen atoms in total. The number of aromatic nitrogens is 1. The Morgan fingerprint density at radius 1 is 1.09 bits per heavy atom. The number of carbonyl (C=O) groups excluding carboxylic acids is 1. The van der Waals surface area contributed by atoms with Crippen LogP contribution in [0.25, 0.3) is 0 Å². The zero-order valence-corrected chi connectivity index (χ0v) is 25.3. The van der Waals surface area contributed by atoms with Crippen LogP contribution in [0.1, 0.15) is 47.0 Å². The molecule has 2 unspecified atom stereocenters. The maximum absolute atomic E-state index is 15.3. The lowest BCUT2D eigenvalue weighted by atomic mass is 9.79. The molecule has 1 N–H and O–H groups in total. The lowest BCUT2D eigenvalue weighted by Gasteiger charge is -2.41. The standard InChI is InChI=1S/C32H31N5O6S/c1-34-20-22-7-13-29(42-3)26(18-22)32(36-15-4-5-28(36)30-35-14-16-43-30)25-17-21(19-33)6-12-27(25)37(31(32)38)44(39,40)24-10-8-23(41-2)9-11-24/h6-14,16-18,28,34H,4-5,15,20H2,1-3H3. The first-order valence-electron chi connectivity index (χ1n) is 14.1. The average molecular weight is 614 g/mol. The van der Waals surface area contributed by atoms with Gasteiger partial charge in [-0.15, -0.1) is 0 Å². The van der Waals surface area contributed by atoms with Crippen LogP contribution in [-0.4, -0.2) is 52.0 Å². The highest BCUT2D eigenvalue weighted by Crippen LogP contribution is 2.56. The zero-order chi connectivity index (χ0) is 31.1. The molecule has 0 aliphatic carbocycles. The van der Waals surface area contributed by atoms with Crippen LogP contribution < -0.4 is 19.1 Å². The molecule has 1 aromatic heterocycles. The second-order valence-corrected chi connectivity index (χ2v) is 12.4. The molecule has 6 rings (SSSR count). The van der Waals surface area contributed by atoms with E-state index in [1.807, 2.05) is 24.1 Å². The number of likely N-dealkylation sites (tertiary alicyclic amines) is 1. The molecule has 0 saturated carbocycles. The summed E-state index contributed by atoms with van der Waals surface area (Å²) in [5, 5.41) is 13.1. The van der Waals surface area contributed by atoms with Gasteiger partial charge in [-0.2, -0.15) is 5.26 Å². The molecule has 1 saturated heterocycles. The highest BCUT2D eigenvalue weighted by atomic mass is 32.2. The van der Waals surface area contributed by atoms with Gasteiger partial charge in [0.1, 0.15) is 17.8 Å². The number of oxazole rings is 1. The van der Waals surface area contributed by atoms with Gasteiger partial charge in [-0.1, -0.05) is 6.07 Å². The fourth-order valence-electron chi connectivity index (χ4n) is 6.40. The summed E-state index contributed by atoms with van der Waals surface area (Å²) in [6.07, 6.45) is 4.34. The lowest BCUT2D eigenvalue weighted by molar-refractivity contribution is -0.127. The summed E-state index contributed by atoms with van der Waals surface area (Å²) in [6.45, 7) is 0.911. The first-order chi connectivity index (χ1) is 21.3. The predicted octanol–water partition coefficient (Wildman–Crippen LogP) is 4.10. The van der Waals surface area contributed by atoms with Gasteiger partial charge in [0, 0.05) is 24.2 Å². The Hall–Kier alpha value is -4.70. The number of methoxy groups -OCH3 is 2. The third-order valence-electron chi connectivity index (χ3n) is 8.28. The van der Waals surface area contributed by atoms with Crippen LogP contribution in [0.2, 0.25) is 0 Å². The van der Waals surface area contributed by atoms with Crippen molar-refractivity contribution in [2.24, 2.45) is 0 Å². The predicted molar refractivity (Wildman–Crippen MR) is 161 cm³/mol. The van der Waals surface area contributed by atoms with Crippen molar-refractivity contribution in [3.8, 4) is 17.6 Å². The highest BCUT2D eigenvalue weighted by Gasteiger charge is 2.62. The quantitative estimate of drug-likeness (QED) is 0.294. The van der Waals surface area contributed by atoms with Gasteiger partial charge < -0.3 is 19.2 Å². The van der Waals surface area contributed by atoms with Crippen LogP contribution in [0.5, 0.6) is 11.5 Å². The van der Waals surface area contributed by atoms with Crippen molar-refractivity contribution in [1.29, 1.82) is 5.26 Å². The smallest absolute Gasteiger partial charge is 0.271 e. The molecule has 44 heavy (non-hydrogen) atoms. The highest BCUT2D eigenvalue weighted by molar-refractivity contribution is 7.93. The van der Waals surface area contributed by atoms with Crippen LogP contribution in [0.4, 0.5) is 5.69 Å². The minimum Gasteiger partial charge on any atom is -0.497 e. The van der Waals surface area contributed by atoms with Gasteiger partial charge in [-0.05, 0) is 80.1 Å². The molecular formula is C32H31N5O6S. The minimum atomic E-state index is -4.44. The van der Waals surface area contributed by atoms with Gasteiger partial charge in [0.2, 0.25) is 5.89 Å². The van der Waals surface area contributed by atoms with Crippen molar-refractivity contribution in [3.05, 3.63) is 101 Å². The first-order valence-corrected chi connectivity index (χ1v) is 15.5. The molecule has 2 atom stereocenters. The van der Waals surface area contributed by atoms with E-state index in [9.17, 15) is 13.7 Å². The normalized spacial score (nSPS) is 20.0. The molecule has 1 fully saturated rings. The van der Waals surface area contributed by atoms with Crippen molar-refractivity contribution in [3.63, 3.8) is 0 Å². The number of nitrogens with zero attached hydrogens (tertiary/aromatic N) is 4. The number of hydrogen-bond donors (Lipinski definition) is 1. The molecule has 0 bridgehead atoms. The summed E-state index contributed by atoms with van der Waals surface area (Å²) >= 11 is 0.